The van der Waals surface area contributed by atoms with Gasteiger partial charge < -0.3 is 24.7 Å². The summed E-state index contributed by atoms with van der Waals surface area (Å²) in [7, 11) is 1.63. The first-order valence-electron chi connectivity index (χ1n) is 8.22. The van der Waals surface area contributed by atoms with Crippen LogP contribution in [0.1, 0.15) is 12.5 Å². The van der Waals surface area contributed by atoms with E-state index in [0.717, 1.165) is 23.5 Å². The number of rotatable bonds is 10. The predicted molar refractivity (Wildman–Crippen MR) is 99.4 cm³/mol. The highest BCUT2D eigenvalue weighted by molar-refractivity contribution is 6.32. The van der Waals surface area contributed by atoms with Crippen LogP contribution in [0.2, 0.25) is 5.02 Å². The number of halogens is 1. The predicted octanol–water partition coefficient (Wildman–Crippen LogP) is 3.71. The molecule has 2 aromatic carbocycles. The van der Waals surface area contributed by atoms with E-state index in [0.29, 0.717) is 42.9 Å². The Hall–Kier alpha value is -2.11. The van der Waals surface area contributed by atoms with E-state index in [-0.39, 0.29) is 0 Å². The molecule has 6 heteroatoms. The zero-order chi connectivity index (χ0) is 18.1. The minimum Gasteiger partial charge on any atom is -0.497 e. The molecule has 25 heavy (non-hydrogen) atoms. The van der Waals surface area contributed by atoms with E-state index in [1.807, 2.05) is 43.3 Å². The molecule has 2 N–H and O–H groups in total. The van der Waals surface area contributed by atoms with Gasteiger partial charge in [-0.1, -0.05) is 11.6 Å². The first-order chi connectivity index (χ1) is 12.2. The lowest BCUT2D eigenvalue weighted by Gasteiger charge is -2.15. The van der Waals surface area contributed by atoms with Gasteiger partial charge in [-0.3, -0.25) is 0 Å². The second-order valence-corrected chi connectivity index (χ2v) is 5.66. The van der Waals surface area contributed by atoms with Gasteiger partial charge in [0.2, 0.25) is 0 Å². The van der Waals surface area contributed by atoms with Gasteiger partial charge in [-0.25, -0.2) is 0 Å². The van der Waals surface area contributed by atoms with E-state index < -0.39 is 0 Å². The molecule has 2 aromatic rings. The molecular weight excluding hydrogens is 342 g/mol. The normalized spacial score (nSPS) is 10.4. The van der Waals surface area contributed by atoms with E-state index in [4.69, 9.17) is 36.3 Å². The molecule has 0 aromatic heterocycles. The van der Waals surface area contributed by atoms with Crippen LogP contribution in [0.5, 0.6) is 23.0 Å². The maximum Gasteiger partial charge on any atom is 0.179 e. The second-order valence-electron chi connectivity index (χ2n) is 5.25. The monoisotopic (exact) mass is 365 g/mol. The van der Waals surface area contributed by atoms with Gasteiger partial charge in [-0.15, -0.1) is 0 Å². The molecule has 0 radical (unpaired) electrons. The number of ether oxygens (including phenoxy) is 4. The first-order valence-corrected chi connectivity index (χ1v) is 8.60. The molecular formula is C19H24ClNO4. The van der Waals surface area contributed by atoms with Crippen molar-refractivity contribution in [3.8, 4) is 23.0 Å². The average molecular weight is 366 g/mol. The fraction of sp³-hybridized carbons (Fsp3) is 0.368. The quantitative estimate of drug-likeness (QED) is 0.650. The smallest absolute Gasteiger partial charge is 0.179 e. The SMILES string of the molecule is CCOc1cc(CCN)cc(Cl)c1OCCOc1ccc(OC)cc1. The van der Waals surface area contributed by atoms with Gasteiger partial charge >= 0.3 is 0 Å². The van der Waals surface area contributed by atoms with Gasteiger partial charge in [-0.2, -0.15) is 0 Å². The van der Waals surface area contributed by atoms with E-state index in [1.54, 1.807) is 7.11 Å². The Morgan fingerprint density at radius 2 is 1.64 bits per heavy atom. The van der Waals surface area contributed by atoms with Gasteiger partial charge in [0.25, 0.3) is 0 Å². The molecule has 0 heterocycles. The molecule has 0 saturated carbocycles. The Bertz CT molecular complexity index is 661. The van der Waals surface area contributed by atoms with Crippen LogP contribution >= 0.6 is 11.6 Å². The lowest BCUT2D eigenvalue weighted by Crippen LogP contribution is -2.11. The summed E-state index contributed by atoms with van der Waals surface area (Å²) < 4.78 is 22.2. The van der Waals surface area contributed by atoms with Crippen LogP contribution < -0.4 is 24.7 Å². The second kappa shape index (κ2) is 10.0. The molecule has 0 atom stereocenters. The van der Waals surface area contributed by atoms with Gasteiger partial charge in [0.15, 0.2) is 11.5 Å². The van der Waals surface area contributed by atoms with Crippen molar-refractivity contribution in [1.82, 2.24) is 0 Å². The molecule has 2 rings (SSSR count). The van der Waals surface area contributed by atoms with Crippen LogP contribution in [0.25, 0.3) is 0 Å². The molecule has 5 nitrogen and oxygen atoms in total. The first kappa shape index (κ1) is 19.2. The molecule has 0 aliphatic heterocycles. The van der Waals surface area contributed by atoms with Crippen LogP contribution in [0.4, 0.5) is 0 Å². The largest absolute Gasteiger partial charge is 0.497 e. The van der Waals surface area contributed by atoms with Crippen LogP contribution in [-0.4, -0.2) is 33.5 Å². The van der Waals surface area contributed by atoms with Crippen molar-refractivity contribution < 1.29 is 18.9 Å². The minimum absolute atomic E-state index is 0.349. The number of benzene rings is 2. The fourth-order valence-corrected chi connectivity index (χ4v) is 2.60. The molecule has 0 aliphatic carbocycles. The van der Waals surface area contributed by atoms with Gasteiger partial charge in [-0.05, 0) is 61.9 Å². The third-order valence-corrected chi connectivity index (χ3v) is 3.74. The molecule has 0 unspecified atom stereocenters. The fourth-order valence-electron chi connectivity index (χ4n) is 2.31. The summed E-state index contributed by atoms with van der Waals surface area (Å²) >= 11 is 6.33. The highest BCUT2D eigenvalue weighted by Crippen LogP contribution is 2.36. The van der Waals surface area contributed by atoms with E-state index >= 15 is 0 Å². The lowest BCUT2D eigenvalue weighted by molar-refractivity contribution is 0.208. The van der Waals surface area contributed by atoms with Crippen molar-refractivity contribution in [2.24, 2.45) is 5.73 Å². The highest BCUT2D eigenvalue weighted by Gasteiger charge is 2.12. The molecule has 0 bridgehead atoms. The van der Waals surface area contributed by atoms with Gasteiger partial charge in [0.1, 0.15) is 24.7 Å². The van der Waals surface area contributed by atoms with Crippen LogP contribution in [-0.2, 0) is 6.42 Å². The number of nitrogens with two attached hydrogens (primary N) is 1. The molecule has 0 amide bonds. The zero-order valence-electron chi connectivity index (χ0n) is 14.6. The summed E-state index contributed by atoms with van der Waals surface area (Å²) in [6, 6.07) is 11.2. The summed E-state index contributed by atoms with van der Waals surface area (Å²) in [6.45, 7) is 3.74. The molecule has 0 spiro atoms. The van der Waals surface area contributed by atoms with Crippen LogP contribution in [0.15, 0.2) is 36.4 Å². The van der Waals surface area contributed by atoms with Crippen molar-refractivity contribution in [2.45, 2.75) is 13.3 Å². The molecule has 0 fully saturated rings. The summed E-state index contributed by atoms with van der Waals surface area (Å²) in [6.07, 6.45) is 0.737. The number of methoxy groups -OCH3 is 1. The summed E-state index contributed by atoms with van der Waals surface area (Å²) in [5.74, 6) is 2.69. The van der Waals surface area contributed by atoms with Gasteiger partial charge in [0.05, 0.1) is 18.7 Å². The molecule has 0 saturated heterocycles. The standard InChI is InChI=1S/C19H24ClNO4/c1-3-23-18-13-14(8-9-21)12-17(20)19(18)25-11-10-24-16-6-4-15(22-2)5-7-16/h4-7,12-13H,3,8-11,21H2,1-2H3. The lowest BCUT2D eigenvalue weighted by atomic mass is 10.1. The van der Waals surface area contributed by atoms with E-state index in [9.17, 15) is 0 Å². The Balaban J connectivity index is 1.94. The highest BCUT2D eigenvalue weighted by atomic mass is 35.5. The third kappa shape index (κ3) is 5.73. The van der Waals surface area contributed by atoms with Crippen LogP contribution in [0, 0.1) is 0 Å². The maximum atomic E-state index is 6.33. The number of hydrogen-bond acceptors (Lipinski definition) is 5. The average Bonchev–Trinajstić information content (AvgIpc) is 2.61. The maximum absolute atomic E-state index is 6.33. The summed E-state index contributed by atoms with van der Waals surface area (Å²) in [5, 5.41) is 0.513. The minimum atomic E-state index is 0.349. The van der Waals surface area contributed by atoms with Crippen molar-refractivity contribution in [3.63, 3.8) is 0 Å². The third-order valence-electron chi connectivity index (χ3n) is 3.46. The Kier molecular flexibility index (Phi) is 7.70. The Morgan fingerprint density at radius 1 is 0.960 bits per heavy atom. The van der Waals surface area contributed by atoms with E-state index in [2.05, 4.69) is 0 Å². The Morgan fingerprint density at radius 3 is 2.28 bits per heavy atom. The summed E-state index contributed by atoms with van der Waals surface area (Å²) in [5.41, 5.74) is 6.63. The molecule has 0 aliphatic rings. The topological polar surface area (TPSA) is 62.9 Å². The Labute approximate surface area is 153 Å². The van der Waals surface area contributed by atoms with Crippen molar-refractivity contribution >= 4 is 11.6 Å². The van der Waals surface area contributed by atoms with Crippen molar-refractivity contribution in [3.05, 3.63) is 47.0 Å². The van der Waals surface area contributed by atoms with Crippen molar-refractivity contribution in [2.75, 3.05) is 33.5 Å². The summed E-state index contributed by atoms with van der Waals surface area (Å²) in [4.78, 5) is 0. The van der Waals surface area contributed by atoms with Crippen molar-refractivity contribution in [1.29, 1.82) is 0 Å². The number of hydrogen-bond donors (Lipinski definition) is 1. The molecule has 136 valence electrons. The van der Waals surface area contributed by atoms with Gasteiger partial charge in [0, 0.05) is 0 Å². The van der Waals surface area contributed by atoms with E-state index in [1.165, 1.54) is 0 Å². The van der Waals surface area contributed by atoms with Crippen LogP contribution in [0.3, 0.4) is 0 Å². The zero-order valence-corrected chi connectivity index (χ0v) is 15.3.